The van der Waals surface area contributed by atoms with Crippen molar-refractivity contribution < 1.29 is 34.2 Å². The van der Waals surface area contributed by atoms with Crippen molar-refractivity contribution in [1.82, 2.24) is 25.9 Å². The van der Waals surface area contributed by atoms with Gasteiger partial charge in [0.1, 0.15) is 18.1 Å². The second kappa shape index (κ2) is 16.1. The maximum absolute atomic E-state index is 13.5. The van der Waals surface area contributed by atoms with E-state index in [4.69, 9.17) is 17.2 Å². The van der Waals surface area contributed by atoms with Gasteiger partial charge in [0.2, 0.25) is 17.7 Å². The smallest absolute Gasteiger partial charge is 0.326 e. The van der Waals surface area contributed by atoms with Crippen molar-refractivity contribution in [3.8, 4) is 0 Å². The Morgan fingerprint density at radius 1 is 0.729 bits per heavy atom. The fraction of sp³-hybridized carbons (Fsp3) is 0.312. The van der Waals surface area contributed by atoms with Crippen molar-refractivity contribution in [2.75, 3.05) is 6.54 Å². The molecule has 4 atom stereocenters. The predicted molar refractivity (Wildman–Crippen MR) is 178 cm³/mol. The highest BCUT2D eigenvalue weighted by molar-refractivity contribution is 5.96. The molecule has 0 aliphatic heterocycles. The molecule has 0 fully saturated rings. The van der Waals surface area contributed by atoms with Crippen LogP contribution in [0.5, 0.6) is 0 Å². The van der Waals surface area contributed by atoms with Crippen LogP contribution in [0.3, 0.4) is 0 Å². The number of hydrogen-bond acceptors (Lipinski definition) is 7. The summed E-state index contributed by atoms with van der Waals surface area (Å²) in [6.45, 7) is 0.0949. The van der Waals surface area contributed by atoms with Gasteiger partial charge in [0.25, 0.3) is 0 Å². The zero-order valence-corrected chi connectivity index (χ0v) is 25.9. The van der Waals surface area contributed by atoms with Crippen LogP contribution in [0.4, 0.5) is 0 Å². The number of nitrogens with two attached hydrogens (primary N) is 3. The molecule has 0 bridgehead atoms. The van der Waals surface area contributed by atoms with Gasteiger partial charge < -0.3 is 53.3 Å². The number of amides is 3. The number of carboxylic acid groups (broad SMARTS) is 2. The summed E-state index contributed by atoms with van der Waals surface area (Å²) in [5.41, 5.74) is 20.0. The summed E-state index contributed by atoms with van der Waals surface area (Å²) in [5.74, 6) is -5.47. The molecule has 16 heteroatoms. The van der Waals surface area contributed by atoms with Gasteiger partial charge in [0, 0.05) is 47.2 Å². The zero-order chi connectivity index (χ0) is 34.8. The number of nitrogens with one attached hydrogen (secondary N) is 5. The van der Waals surface area contributed by atoms with Crippen LogP contribution in [0.1, 0.15) is 30.4 Å². The first-order valence-corrected chi connectivity index (χ1v) is 15.2. The number of carbonyl (C=O) groups excluding carboxylic acids is 3. The van der Waals surface area contributed by atoms with Gasteiger partial charge in [-0.3, -0.25) is 24.2 Å². The molecule has 13 N–H and O–H groups in total. The molecule has 0 aliphatic rings. The Morgan fingerprint density at radius 2 is 1.25 bits per heavy atom. The van der Waals surface area contributed by atoms with E-state index in [9.17, 15) is 34.2 Å². The standard InChI is InChI=1S/C32H39N9O7/c33-21(12-17-15-37-22-8-3-1-6-19(17)22)28(44)40-25(14-27(42)43)30(46)39-24(10-5-11-36-32(34)35)29(45)41-26(31(47)48)13-18-16-38-23-9-4-2-7-20(18)23/h1-4,6-9,15-16,21,24-26,37-38H,5,10-14,33H2,(H,39,46)(H,40,44)(H,41,45)(H,42,43)(H,47,48)(H4,34,35,36). The summed E-state index contributed by atoms with van der Waals surface area (Å²) in [7, 11) is 0. The van der Waals surface area contributed by atoms with Crippen molar-refractivity contribution in [3.05, 3.63) is 72.1 Å². The van der Waals surface area contributed by atoms with Gasteiger partial charge in [-0.25, -0.2) is 4.79 Å². The number of hydrogen-bond donors (Lipinski definition) is 10. The topological polar surface area (TPSA) is 284 Å². The molecule has 0 radical (unpaired) electrons. The highest BCUT2D eigenvalue weighted by Crippen LogP contribution is 2.20. The lowest BCUT2D eigenvalue weighted by Crippen LogP contribution is -2.57. The Kier molecular flexibility index (Phi) is 11.7. The van der Waals surface area contributed by atoms with Crippen molar-refractivity contribution in [3.63, 3.8) is 0 Å². The first kappa shape index (κ1) is 35.0. The predicted octanol–water partition coefficient (Wildman–Crippen LogP) is -0.171. The molecule has 0 saturated heterocycles. The molecule has 2 aromatic heterocycles. The fourth-order valence-electron chi connectivity index (χ4n) is 5.33. The summed E-state index contributed by atoms with van der Waals surface area (Å²) < 4.78 is 0. The number of aromatic nitrogens is 2. The van der Waals surface area contributed by atoms with Gasteiger partial charge in [0.05, 0.1) is 12.5 Å². The summed E-state index contributed by atoms with van der Waals surface area (Å²) in [6, 6.07) is 9.26. The Balaban J connectivity index is 1.47. The first-order valence-electron chi connectivity index (χ1n) is 15.2. The van der Waals surface area contributed by atoms with Crippen LogP contribution >= 0.6 is 0 Å². The minimum absolute atomic E-state index is 0.0401. The molecular weight excluding hydrogens is 622 g/mol. The Bertz CT molecular complexity index is 1810. The molecule has 2 heterocycles. The van der Waals surface area contributed by atoms with Gasteiger partial charge in [-0.15, -0.1) is 0 Å². The van der Waals surface area contributed by atoms with Crippen molar-refractivity contribution in [2.24, 2.45) is 22.2 Å². The van der Waals surface area contributed by atoms with E-state index in [0.717, 1.165) is 27.4 Å². The molecule has 2 aromatic carbocycles. The summed E-state index contributed by atoms with van der Waals surface area (Å²) in [6.07, 6.45) is 2.75. The molecule has 254 valence electrons. The Labute approximate surface area is 274 Å². The summed E-state index contributed by atoms with van der Waals surface area (Å²) >= 11 is 0. The second-order valence-electron chi connectivity index (χ2n) is 11.3. The van der Waals surface area contributed by atoms with Gasteiger partial charge in [-0.2, -0.15) is 0 Å². The van der Waals surface area contributed by atoms with Gasteiger partial charge in [0.15, 0.2) is 5.96 Å². The van der Waals surface area contributed by atoms with Crippen LogP contribution in [0.15, 0.2) is 65.9 Å². The van der Waals surface area contributed by atoms with E-state index in [1.54, 1.807) is 18.5 Å². The second-order valence-corrected chi connectivity index (χ2v) is 11.3. The number of guanidine groups is 1. The first-order chi connectivity index (χ1) is 22.9. The van der Waals surface area contributed by atoms with Crippen LogP contribution in [0.2, 0.25) is 0 Å². The molecule has 16 nitrogen and oxygen atoms in total. The third-order valence-electron chi connectivity index (χ3n) is 7.76. The number of benzene rings is 2. The maximum atomic E-state index is 13.5. The molecule has 4 unspecified atom stereocenters. The van der Waals surface area contributed by atoms with E-state index >= 15 is 0 Å². The van der Waals surface area contributed by atoms with Crippen LogP contribution in [0, 0.1) is 0 Å². The van der Waals surface area contributed by atoms with E-state index in [0.29, 0.717) is 5.56 Å². The number of fused-ring (bicyclic) bond motifs is 2. The largest absolute Gasteiger partial charge is 0.481 e. The maximum Gasteiger partial charge on any atom is 0.326 e. The number of aromatic amines is 2. The van der Waals surface area contributed by atoms with E-state index < -0.39 is 60.2 Å². The number of nitrogens with zero attached hydrogens (tertiary/aromatic N) is 1. The number of H-pyrrole nitrogens is 2. The minimum Gasteiger partial charge on any atom is -0.481 e. The van der Waals surface area contributed by atoms with Gasteiger partial charge >= 0.3 is 11.9 Å². The van der Waals surface area contributed by atoms with Crippen LogP contribution in [0.25, 0.3) is 21.8 Å². The average molecular weight is 662 g/mol. The lowest BCUT2D eigenvalue weighted by Gasteiger charge is -2.24. The van der Waals surface area contributed by atoms with E-state index in [2.05, 4.69) is 30.9 Å². The van der Waals surface area contributed by atoms with Crippen LogP contribution in [-0.4, -0.2) is 86.5 Å². The zero-order valence-electron chi connectivity index (χ0n) is 25.9. The highest BCUT2D eigenvalue weighted by atomic mass is 16.4. The van der Waals surface area contributed by atoms with E-state index in [1.807, 2.05) is 42.5 Å². The molecule has 0 saturated carbocycles. The minimum atomic E-state index is -1.60. The van der Waals surface area contributed by atoms with Gasteiger partial charge in [-0.1, -0.05) is 36.4 Å². The van der Waals surface area contributed by atoms with Crippen LogP contribution < -0.4 is 33.2 Å². The molecule has 48 heavy (non-hydrogen) atoms. The summed E-state index contributed by atoms with van der Waals surface area (Å²) in [4.78, 5) is 73.8. The van der Waals surface area contributed by atoms with Crippen molar-refractivity contribution >= 4 is 57.4 Å². The molecule has 4 aromatic rings. The third-order valence-corrected chi connectivity index (χ3v) is 7.76. The molecule has 0 aliphatic carbocycles. The third kappa shape index (κ3) is 9.32. The fourth-order valence-corrected chi connectivity index (χ4v) is 5.33. The van der Waals surface area contributed by atoms with Crippen molar-refractivity contribution in [2.45, 2.75) is 56.3 Å². The number of carboxylic acids is 2. The van der Waals surface area contributed by atoms with E-state index in [-0.39, 0.29) is 38.2 Å². The number of aliphatic imine (C=N–C) groups is 1. The number of carbonyl (C=O) groups is 5. The van der Waals surface area contributed by atoms with Crippen molar-refractivity contribution in [1.29, 1.82) is 0 Å². The number of aliphatic carboxylic acids is 2. The molecule has 0 spiro atoms. The monoisotopic (exact) mass is 661 g/mol. The van der Waals surface area contributed by atoms with Gasteiger partial charge in [-0.05, 0) is 42.5 Å². The summed E-state index contributed by atoms with van der Waals surface area (Å²) in [5, 5.41) is 28.4. The molecular formula is C32H39N9O7. The molecule has 4 rings (SSSR count). The normalized spacial score (nSPS) is 13.6. The number of para-hydroxylation sites is 2. The Hall–Kier alpha value is -5.90. The highest BCUT2D eigenvalue weighted by Gasteiger charge is 2.32. The Morgan fingerprint density at radius 3 is 1.81 bits per heavy atom. The average Bonchev–Trinajstić information content (AvgIpc) is 3.65. The lowest BCUT2D eigenvalue weighted by molar-refractivity contribution is -0.143. The molecule has 3 amide bonds. The van der Waals surface area contributed by atoms with Crippen LogP contribution in [-0.2, 0) is 36.8 Å². The number of rotatable bonds is 17. The lowest BCUT2D eigenvalue weighted by atomic mass is 10.0. The van der Waals surface area contributed by atoms with E-state index in [1.165, 1.54) is 0 Å². The quantitative estimate of drug-likeness (QED) is 0.0405. The SMILES string of the molecule is NC(N)=NCCCC(NC(=O)C(CC(=O)O)NC(=O)C(N)Cc1c[nH]c2ccccc12)C(=O)NC(Cc1c[nH]c2ccccc12)C(=O)O.